The van der Waals surface area contributed by atoms with Gasteiger partial charge in [-0.15, -0.1) is 0 Å². The van der Waals surface area contributed by atoms with Crippen molar-refractivity contribution in [3.8, 4) is 0 Å². The van der Waals surface area contributed by atoms with E-state index in [4.69, 9.17) is 47.4 Å². The molecule has 0 bridgehead atoms. The Labute approximate surface area is 312 Å². The normalized spacial score (nSPS) is 32.9. The molecule has 3 aromatic carbocycles. The molecule has 0 spiro atoms. The first-order chi connectivity index (χ1) is 25.5. The van der Waals surface area contributed by atoms with Crippen molar-refractivity contribution in [3.63, 3.8) is 0 Å². The van der Waals surface area contributed by atoms with Gasteiger partial charge in [-0.2, -0.15) is 0 Å². The van der Waals surface area contributed by atoms with Crippen molar-refractivity contribution in [2.24, 2.45) is 5.92 Å². The average Bonchev–Trinajstić information content (AvgIpc) is 3.64. The van der Waals surface area contributed by atoms with Crippen LogP contribution in [0.4, 0.5) is 0 Å². The number of ketones is 1. The topological polar surface area (TPSA) is 109 Å². The lowest BCUT2D eigenvalue weighted by molar-refractivity contribution is -0.317. The van der Waals surface area contributed by atoms with Gasteiger partial charge in [-0.3, -0.25) is 0 Å². The Hall–Kier alpha value is -3.07. The second-order valence-corrected chi connectivity index (χ2v) is 15.2. The van der Waals surface area contributed by atoms with Crippen LogP contribution in [0.15, 0.2) is 91.0 Å². The number of carbonyl (C=O) groups is 1. The van der Waals surface area contributed by atoms with Crippen molar-refractivity contribution < 1.29 is 52.2 Å². The van der Waals surface area contributed by atoms with Crippen LogP contribution in [0.1, 0.15) is 57.7 Å². The van der Waals surface area contributed by atoms with Gasteiger partial charge in [-0.05, 0) is 51.3 Å². The van der Waals surface area contributed by atoms with E-state index in [1.807, 2.05) is 119 Å². The lowest BCUT2D eigenvalue weighted by atomic mass is 9.86. The number of benzene rings is 3. The van der Waals surface area contributed by atoms with E-state index < -0.39 is 72.8 Å². The van der Waals surface area contributed by atoms with Crippen LogP contribution in [0.3, 0.4) is 0 Å². The Morgan fingerprint density at radius 1 is 0.585 bits per heavy atom. The molecule has 4 aliphatic rings. The highest BCUT2D eigenvalue weighted by atomic mass is 16.9. The quantitative estimate of drug-likeness (QED) is 0.181. The maximum atomic E-state index is 13.0. The summed E-state index contributed by atoms with van der Waals surface area (Å²) >= 11 is 0. The van der Waals surface area contributed by atoms with E-state index in [0.29, 0.717) is 19.8 Å². The average molecular weight is 733 g/mol. The zero-order valence-corrected chi connectivity index (χ0v) is 31.2. The highest BCUT2D eigenvalue weighted by Gasteiger charge is 2.61. The van der Waals surface area contributed by atoms with Crippen molar-refractivity contribution in [1.29, 1.82) is 0 Å². The van der Waals surface area contributed by atoms with Gasteiger partial charge in [0.25, 0.3) is 0 Å². The van der Waals surface area contributed by atoms with Gasteiger partial charge in [0.15, 0.2) is 24.2 Å². The minimum atomic E-state index is -0.867. The molecule has 7 rings (SSSR count). The third kappa shape index (κ3) is 9.60. The first-order valence-electron chi connectivity index (χ1n) is 18.6. The molecule has 11 heteroatoms. The molecule has 4 saturated heterocycles. The van der Waals surface area contributed by atoms with Gasteiger partial charge < -0.3 is 52.2 Å². The molecule has 4 heterocycles. The summed E-state index contributed by atoms with van der Waals surface area (Å²) in [5.41, 5.74) is 3.04. The summed E-state index contributed by atoms with van der Waals surface area (Å²) in [5.74, 6) is -2.25. The summed E-state index contributed by atoms with van der Waals surface area (Å²) < 4.78 is 64.7. The molecular weight excluding hydrogens is 680 g/mol. The van der Waals surface area contributed by atoms with E-state index >= 15 is 0 Å². The summed E-state index contributed by atoms with van der Waals surface area (Å²) in [5, 5.41) is 0. The van der Waals surface area contributed by atoms with Crippen LogP contribution < -0.4 is 0 Å². The van der Waals surface area contributed by atoms with E-state index in [2.05, 4.69) is 0 Å². The minimum Gasteiger partial charge on any atom is -0.374 e. The molecule has 0 aliphatic carbocycles. The number of ether oxygens (including phenoxy) is 10. The van der Waals surface area contributed by atoms with Crippen molar-refractivity contribution in [1.82, 2.24) is 0 Å². The maximum Gasteiger partial charge on any atom is 0.190 e. The predicted molar refractivity (Wildman–Crippen MR) is 192 cm³/mol. The van der Waals surface area contributed by atoms with E-state index in [-0.39, 0.29) is 25.4 Å². The van der Waals surface area contributed by atoms with Crippen LogP contribution in [0.2, 0.25) is 0 Å². The summed E-state index contributed by atoms with van der Waals surface area (Å²) in [6.07, 6.45) is -5.14. The van der Waals surface area contributed by atoms with Gasteiger partial charge >= 0.3 is 0 Å². The highest BCUT2D eigenvalue weighted by molar-refractivity contribution is 5.75. The Morgan fingerprint density at radius 3 is 1.72 bits per heavy atom. The van der Waals surface area contributed by atoms with Gasteiger partial charge in [0, 0.05) is 12.3 Å². The first kappa shape index (κ1) is 38.2. The summed E-state index contributed by atoms with van der Waals surface area (Å²) in [7, 11) is 0. The molecule has 0 unspecified atom stereocenters. The van der Waals surface area contributed by atoms with Gasteiger partial charge in [-0.1, -0.05) is 91.0 Å². The molecule has 0 N–H and O–H groups in total. The lowest BCUT2D eigenvalue weighted by Gasteiger charge is -2.46. The monoisotopic (exact) mass is 732 g/mol. The van der Waals surface area contributed by atoms with E-state index in [0.717, 1.165) is 16.7 Å². The van der Waals surface area contributed by atoms with Crippen molar-refractivity contribution in [3.05, 3.63) is 108 Å². The van der Waals surface area contributed by atoms with E-state index in [1.165, 1.54) is 0 Å². The number of rotatable bonds is 15. The fourth-order valence-corrected chi connectivity index (χ4v) is 7.64. The van der Waals surface area contributed by atoms with Crippen LogP contribution in [-0.4, -0.2) is 85.9 Å². The van der Waals surface area contributed by atoms with E-state index in [1.54, 1.807) is 6.92 Å². The molecular formula is C42H52O11. The third-order valence-corrected chi connectivity index (χ3v) is 9.93. The number of fused-ring (bicyclic) bond motifs is 3. The summed E-state index contributed by atoms with van der Waals surface area (Å²) in [4.78, 5) is 13.0. The second kappa shape index (κ2) is 16.7. The fourth-order valence-electron chi connectivity index (χ4n) is 7.64. The molecule has 3 aromatic rings. The molecule has 11 nitrogen and oxygen atoms in total. The van der Waals surface area contributed by atoms with Gasteiger partial charge in [-0.25, -0.2) is 0 Å². The Balaban J connectivity index is 1.16. The number of Topliss-reactive ketones (excluding diaryl/α,β-unsaturated/α-hetero) is 1. The second-order valence-electron chi connectivity index (χ2n) is 15.2. The van der Waals surface area contributed by atoms with Gasteiger partial charge in [0.1, 0.15) is 42.4 Å². The SMILES string of the molecule is CC(=O)C[C@H]1[C@H](OC[C@H]2O[C@@H]3OC(C)(C)O[C@@H]3[C@H]3OC(C)(C)O[C@H]32)O[C@H](COCc2ccccc2)[C@@H](OCc2ccccc2)[C@@H]1OCc1ccccc1. The molecule has 4 fully saturated rings. The molecule has 4 aliphatic heterocycles. The molecule has 0 saturated carbocycles. The largest absolute Gasteiger partial charge is 0.374 e. The zero-order chi connectivity index (χ0) is 37.0. The molecule has 0 amide bonds. The van der Waals surface area contributed by atoms with Crippen molar-refractivity contribution >= 4 is 5.78 Å². The predicted octanol–water partition coefficient (Wildman–Crippen LogP) is 6.11. The summed E-state index contributed by atoms with van der Waals surface area (Å²) in [6, 6.07) is 29.9. The smallest absolute Gasteiger partial charge is 0.190 e. The van der Waals surface area contributed by atoms with Gasteiger partial charge in [0.05, 0.1) is 39.1 Å². The van der Waals surface area contributed by atoms with Crippen LogP contribution in [0.5, 0.6) is 0 Å². The zero-order valence-electron chi connectivity index (χ0n) is 31.2. The fraction of sp³-hybridized carbons (Fsp3) is 0.548. The van der Waals surface area contributed by atoms with Gasteiger partial charge in [0.2, 0.25) is 0 Å². The minimum absolute atomic E-state index is 0.0223. The Morgan fingerprint density at radius 2 is 1.11 bits per heavy atom. The Kier molecular flexibility index (Phi) is 12.1. The van der Waals surface area contributed by atoms with E-state index in [9.17, 15) is 4.79 Å². The van der Waals surface area contributed by atoms with Crippen LogP contribution >= 0.6 is 0 Å². The first-order valence-corrected chi connectivity index (χ1v) is 18.6. The molecule has 0 aromatic heterocycles. The highest BCUT2D eigenvalue weighted by Crippen LogP contribution is 2.44. The third-order valence-electron chi connectivity index (χ3n) is 9.93. The molecule has 286 valence electrons. The van der Waals surface area contributed by atoms with Crippen LogP contribution in [-0.2, 0) is 72.0 Å². The van der Waals surface area contributed by atoms with Crippen LogP contribution in [0, 0.1) is 5.92 Å². The number of hydrogen-bond acceptors (Lipinski definition) is 11. The number of hydrogen-bond donors (Lipinski definition) is 0. The molecule has 0 radical (unpaired) electrons. The van der Waals surface area contributed by atoms with Crippen molar-refractivity contribution in [2.45, 2.75) is 128 Å². The van der Waals surface area contributed by atoms with Crippen LogP contribution in [0.25, 0.3) is 0 Å². The summed E-state index contributed by atoms with van der Waals surface area (Å²) in [6.45, 7) is 10.3. The maximum absolute atomic E-state index is 13.0. The van der Waals surface area contributed by atoms with Crippen molar-refractivity contribution in [2.75, 3.05) is 13.2 Å². The molecule has 10 atom stereocenters. The lowest BCUT2D eigenvalue weighted by Crippen LogP contribution is -2.60. The molecule has 53 heavy (non-hydrogen) atoms. The number of carbonyl (C=O) groups excluding carboxylic acids is 1. The Bertz CT molecular complexity index is 1600. The standard InChI is InChI=1S/C42H52O11/c1-27(43)21-31-34(45-23-29-17-11-7-12-18-29)35(46-24-30-19-13-8-14-20-30)32(25-44-22-28-15-9-6-10-16-28)48-39(31)47-26-33-36-37(51-41(2,3)50-36)38-40(49-33)53-42(4,5)52-38/h6-20,31-40H,21-26H2,1-5H3/t31-,32-,33-,34-,35-,36+,37+,38-,39-,40-/m1/s1.